The lowest BCUT2D eigenvalue weighted by molar-refractivity contribution is 0.454. The molecule has 0 spiro atoms. The molecule has 3 unspecified atom stereocenters. The molecule has 0 aromatic carbocycles. The molecule has 2 N–H and O–H groups in total. The molecule has 13 heavy (non-hydrogen) atoms. The Bertz CT molecular complexity index is 206. The van der Waals surface area contributed by atoms with Crippen molar-refractivity contribution in [2.24, 2.45) is 23.5 Å². The maximum absolute atomic E-state index is 6.14. The van der Waals surface area contributed by atoms with Crippen LogP contribution in [0.2, 0.25) is 0 Å². The van der Waals surface area contributed by atoms with Crippen LogP contribution < -0.4 is 5.73 Å². The van der Waals surface area contributed by atoms with Gasteiger partial charge in [0.1, 0.15) is 0 Å². The third-order valence-corrected chi connectivity index (χ3v) is 3.83. The minimum atomic E-state index is 0.448. The number of rotatable bonds is 4. The predicted octanol–water partition coefficient (Wildman–Crippen LogP) is 2.16. The zero-order valence-electron chi connectivity index (χ0n) is 8.21. The molecule has 0 amide bonds. The van der Waals surface area contributed by atoms with E-state index in [0.29, 0.717) is 6.04 Å². The van der Waals surface area contributed by atoms with Crippen molar-refractivity contribution in [2.75, 3.05) is 0 Å². The zero-order valence-corrected chi connectivity index (χ0v) is 8.21. The summed E-state index contributed by atoms with van der Waals surface area (Å²) in [5.74, 6) is 5.55. The van der Waals surface area contributed by atoms with Gasteiger partial charge < -0.3 is 5.73 Å². The molecule has 2 aliphatic carbocycles. The van der Waals surface area contributed by atoms with Crippen molar-refractivity contribution in [2.45, 2.75) is 44.6 Å². The molecule has 0 radical (unpaired) electrons. The topological polar surface area (TPSA) is 26.0 Å². The molecule has 0 aromatic rings. The van der Waals surface area contributed by atoms with Crippen LogP contribution >= 0.6 is 0 Å². The molecule has 2 fully saturated rings. The van der Waals surface area contributed by atoms with Crippen LogP contribution in [0.15, 0.2) is 0 Å². The van der Waals surface area contributed by atoms with Gasteiger partial charge in [-0.3, -0.25) is 0 Å². The van der Waals surface area contributed by atoms with Gasteiger partial charge >= 0.3 is 0 Å². The van der Waals surface area contributed by atoms with Crippen LogP contribution in [0, 0.1) is 30.1 Å². The van der Waals surface area contributed by atoms with Crippen molar-refractivity contribution in [1.82, 2.24) is 0 Å². The first-order chi connectivity index (χ1) is 6.34. The maximum atomic E-state index is 6.14. The summed E-state index contributed by atoms with van der Waals surface area (Å²) >= 11 is 0. The van der Waals surface area contributed by atoms with E-state index in [1.165, 1.54) is 19.3 Å². The van der Waals surface area contributed by atoms with Crippen LogP contribution in [0.1, 0.15) is 38.5 Å². The molecular formula is C12H19N. The van der Waals surface area contributed by atoms with Gasteiger partial charge in [0.2, 0.25) is 0 Å². The zero-order chi connectivity index (χ0) is 9.26. The third kappa shape index (κ3) is 1.74. The van der Waals surface area contributed by atoms with Gasteiger partial charge in [-0.15, -0.1) is 12.3 Å². The summed E-state index contributed by atoms with van der Waals surface area (Å²) in [6.45, 7) is 0. The van der Waals surface area contributed by atoms with Crippen molar-refractivity contribution in [3.05, 3.63) is 0 Å². The van der Waals surface area contributed by atoms with Crippen molar-refractivity contribution in [1.29, 1.82) is 0 Å². The second-order valence-corrected chi connectivity index (χ2v) is 4.60. The second kappa shape index (κ2) is 3.72. The van der Waals surface area contributed by atoms with Crippen molar-refractivity contribution < 1.29 is 0 Å². The van der Waals surface area contributed by atoms with Crippen LogP contribution in [-0.4, -0.2) is 6.04 Å². The van der Waals surface area contributed by atoms with Crippen molar-refractivity contribution in [3.8, 4) is 12.3 Å². The van der Waals surface area contributed by atoms with E-state index in [1.807, 2.05) is 0 Å². The van der Waals surface area contributed by atoms with Gasteiger partial charge in [-0.25, -0.2) is 0 Å². The van der Waals surface area contributed by atoms with Gasteiger partial charge in [-0.2, -0.15) is 0 Å². The summed E-state index contributed by atoms with van der Waals surface area (Å²) in [4.78, 5) is 0. The molecule has 0 bridgehead atoms. The number of nitrogens with two attached hydrogens (primary N) is 1. The van der Waals surface area contributed by atoms with Crippen LogP contribution in [0.4, 0.5) is 0 Å². The average Bonchev–Trinajstić information content (AvgIpc) is 2.61. The third-order valence-electron chi connectivity index (χ3n) is 3.83. The lowest BCUT2D eigenvalue weighted by atomic mass is 10.00. The molecule has 0 heterocycles. The van der Waals surface area contributed by atoms with E-state index < -0.39 is 0 Å². The first-order valence-corrected chi connectivity index (χ1v) is 5.53. The monoisotopic (exact) mass is 177 g/mol. The number of hydrogen-bond donors (Lipinski definition) is 1. The Labute approximate surface area is 81.1 Å². The Kier molecular flexibility index (Phi) is 2.60. The first-order valence-electron chi connectivity index (χ1n) is 5.53. The SMILES string of the molecule is C#CCCCC(N)C1C2CCCC21. The summed E-state index contributed by atoms with van der Waals surface area (Å²) in [6, 6.07) is 0.448. The molecule has 72 valence electrons. The Morgan fingerprint density at radius 2 is 2.08 bits per heavy atom. The maximum Gasteiger partial charge on any atom is 0.00866 e. The van der Waals surface area contributed by atoms with Crippen molar-refractivity contribution in [3.63, 3.8) is 0 Å². The fourth-order valence-electron chi connectivity index (χ4n) is 3.14. The van der Waals surface area contributed by atoms with Crippen LogP contribution in [-0.2, 0) is 0 Å². The van der Waals surface area contributed by atoms with Gasteiger partial charge in [0.05, 0.1) is 0 Å². The summed E-state index contributed by atoms with van der Waals surface area (Å²) in [5, 5.41) is 0. The van der Waals surface area contributed by atoms with E-state index in [0.717, 1.165) is 37.0 Å². The molecule has 3 atom stereocenters. The number of fused-ring (bicyclic) bond motifs is 1. The number of hydrogen-bond acceptors (Lipinski definition) is 1. The molecule has 0 saturated heterocycles. The Morgan fingerprint density at radius 1 is 1.38 bits per heavy atom. The molecule has 2 saturated carbocycles. The number of unbranched alkanes of at least 4 members (excludes halogenated alkanes) is 1. The van der Waals surface area contributed by atoms with Crippen LogP contribution in [0.25, 0.3) is 0 Å². The van der Waals surface area contributed by atoms with Gasteiger partial charge in [0.25, 0.3) is 0 Å². The summed E-state index contributed by atoms with van der Waals surface area (Å²) in [5.41, 5.74) is 6.14. The van der Waals surface area contributed by atoms with Gasteiger partial charge in [-0.05, 0) is 43.4 Å². The normalized spacial score (nSPS) is 38.0. The van der Waals surface area contributed by atoms with E-state index in [9.17, 15) is 0 Å². The lowest BCUT2D eigenvalue weighted by Gasteiger charge is -2.12. The largest absolute Gasteiger partial charge is 0.327 e. The predicted molar refractivity (Wildman–Crippen MR) is 55.0 cm³/mol. The molecule has 2 aliphatic rings. The highest BCUT2D eigenvalue weighted by Crippen LogP contribution is 2.59. The average molecular weight is 177 g/mol. The summed E-state index contributed by atoms with van der Waals surface area (Å²) < 4.78 is 0. The number of terminal acetylenes is 1. The molecule has 2 rings (SSSR count). The highest BCUT2D eigenvalue weighted by Gasteiger charge is 2.54. The molecule has 0 aliphatic heterocycles. The Balaban J connectivity index is 1.68. The Hall–Kier alpha value is -0.480. The van der Waals surface area contributed by atoms with Crippen molar-refractivity contribution >= 4 is 0 Å². The van der Waals surface area contributed by atoms with E-state index in [4.69, 9.17) is 12.2 Å². The fraction of sp³-hybridized carbons (Fsp3) is 0.833. The molecular weight excluding hydrogens is 158 g/mol. The molecule has 1 nitrogen and oxygen atoms in total. The van der Waals surface area contributed by atoms with E-state index in [2.05, 4.69) is 5.92 Å². The quantitative estimate of drug-likeness (QED) is 0.517. The first kappa shape index (κ1) is 9.09. The van der Waals surface area contributed by atoms with E-state index >= 15 is 0 Å². The minimum absolute atomic E-state index is 0.448. The van der Waals surface area contributed by atoms with E-state index in [1.54, 1.807) is 0 Å². The second-order valence-electron chi connectivity index (χ2n) is 4.60. The van der Waals surface area contributed by atoms with E-state index in [-0.39, 0.29) is 0 Å². The minimum Gasteiger partial charge on any atom is -0.327 e. The summed E-state index contributed by atoms with van der Waals surface area (Å²) in [6.07, 6.45) is 12.7. The summed E-state index contributed by atoms with van der Waals surface area (Å²) in [7, 11) is 0. The smallest absolute Gasteiger partial charge is 0.00866 e. The van der Waals surface area contributed by atoms with Gasteiger partial charge in [-0.1, -0.05) is 6.42 Å². The molecule has 1 heteroatoms. The highest BCUT2D eigenvalue weighted by atomic mass is 14.7. The van der Waals surface area contributed by atoms with Gasteiger partial charge in [0, 0.05) is 12.5 Å². The van der Waals surface area contributed by atoms with Crippen LogP contribution in [0.5, 0.6) is 0 Å². The van der Waals surface area contributed by atoms with Crippen LogP contribution in [0.3, 0.4) is 0 Å². The Morgan fingerprint density at radius 3 is 2.69 bits per heavy atom. The van der Waals surface area contributed by atoms with Gasteiger partial charge in [0.15, 0.2) is 0 Å². The lowest BCUT2D eigenvalue weighted by Crippen LogP contribution is -2.24. The molecule has 0 aromatic heterocycles. The standard InChI is InChI=1S/C12H19N/c1-2-3-4-8-11(13)12-9-6-5-7-10(9)12/h1,9-12H,3-8,13H2. The highest BCUT2D eigenvalue weighted by molar-refractivity contribution is 5.05. The fourth-order valence-corrected chi connectivity index (χ4v) is 3.14.